The lowest BCUT2D eigenvalue weighted by molar-refractivity contribution is -0.208. The molecule has 0 aromatic heterocycles. The van der Waals surface area contributed by atoms with Gasteiger partial charge in [-0.1, -0.05) is 43.3 Å². The quantitative estimate of drug-likeness (QED) is 0.470. The van der Waals surface area contributed by atoms with Gasteiger partial charge in [0.25, 0.3) is 0 Å². The van der Waals surface area contributed by atoms with Crippen LogP contribution >= 0.6 is 0 Å². The van der Waals surface area contributed by atoms with Crippen molar-refractivity contribution in [2.24, 2.45) is 0 Å². The molecule has 0 bridgehead atoms. The van der Waals surface area contributed by atoms with Crippen LogP contribution in [0.2, 0.25) is 0 Å². The van der Waals surface area contributed by atoms with E-state index in [9.17, 15) is 4.79 Å². The first-order valence-corrected chi connectivity index (χ1v) is 6.25. The van der Waals surface area contributed by atoms with Gasteiger partial charge < -0.3 is 0 Å². The molecule has 2 aromatic rings. The van der Waals surface area contributed by atoms with Crippen LogP contribution in [0.4, 0.5) is 0 Å². The fourth-order valence-electron chi connectivity index (χ4n) is 1.76. The Morgan fingerprint density at radius 2 is 1.89 bits per heavy atom. The highest BCUT2D eigenvalue weighted by Gasteiger charge is 2.07. The molecule has 0 spiro atoms. The second kappa shape index (κ2) is 6.05. The molecule has 0 saturated heterocycles. The fraction of sp³-hybridized carbons (Fsp3) is 0.188. The maximum atomic E-state index is 11.6. The molecule has 2 rings (SSSR count). The van der Waals surface area contributed by atoms with Crippen LogP contribution in [0.1, 0.15) is 20.3 Å². The molecule has 0 fully saturated rings. The molecule has 0 atom stereocenters. The lowest BCUT2D eigenvalue weighted by Gasteiger charge is -2.05. The van der Waals surface area contributed by atoms with Gasteiger partial charge in [-0.25, -0.2) is 9.68 Å². The maximum absolute atomic E-state index is 11.6. The maximum Gasteiger partial charge on any atom is 0.381 e. The molecule has 0 radical (unpaired) electrons. The van der Waals surface area contributed by atoms with Crippen LogP contribution in [0.15, 0.2) is 54.1 Å². The Morgan fingerprint density at radius 1 is 1.16 bits per heavy atom. The van der Waals surface area contributed by atoms with Gasteiger partial charge in [-0.2, -0.15) is 0 Å². The van der Waals surface area contributed by atoms with Gasteiger partial charge in [0.15, 0.2) is 5.75 Å². The molecule has 0 unspecified atom stereocenters. The van der Waals surface area contributed by atoms with Gasteiger partial charge in [-0.15, -0.1) is 0 Å². The van der Waals surface area contributed by atoms with Crippen LogP contribution in [0.5, 0.6) is 5.75 Å². The zero-order chi connectivity index (χ0) is 13.7. The molecule has 0 amide bonds. The molecular formula is C16H16O3. The highest BCUT2D eigenvalue weighted by molar-refractivity contribution is 5.87. The SMILES string of the molecule is CCC=C(C)C(=O)OOc1ccc2ccccc2c1. The molecular weight excluding hydrogens is 240 g/mol. The van der Waals surface area contributed by atoms with E-state index in [0.717, 1.165) is 17.2 Å². The van der Waals surface area contributed by atoms with E-state index < -0.39 is 5.97 Å². The molecule has 0 heterocycles. The molecule has 98 valence electrons. The molecule has 0 aliphatic rings. The molecule has 0 N–H and O–H groups in total. The second-order valence-electron chi connectivity index (χ2n) is 4.26. The van der Waals surface area contributed by atoms with Gasteiger partial charge in [0.05, 0.1) is 0 Å². The summed E-state index contributed by atoms with van der Waals surface area (Å²) in [6.07, 6.45) is 2.59. The summed E-state index contributed by atoms with van der Waals surface area (Å²) in [6.45, 7) is 3.66. The number of hydrogen-bond donors (Lipinski definition) is 0. The molecule has 3 nitrogen and oxygen atoms in total. The summed E-state index contributed by atoms with van der Waals surface area (Å²) in [5.41, 5.74) is 0.545. The average molecular weight is 256 g/mol. The Labute approximate surface area is 112 Å². The smallest absolute Gasteiger partial charge is 0.287 e. The van der Waals surface area contributed by atoms with Crippen molar-refractivity contribution in [1.82, 2.24) is 0 Å². The number of carbonyl (C=O) groups is 1. The van der Waals surface area contributed by atoms with Crippen molar-refractivity contribution < 1.29 is 14.6 Å². The second-order valence-corrected chi connectivity index (χ2v) is 4.26. The van der Waals surface area contributed by atoms with E-state index in [1.165, 1.54) is 0 Å². The van der Waals surface area contributed by atoms with Gasteiger partial charge in [0.1, 0.15) is 0 Å². The Bertz CT molecular complexity index is 614. The Kier molecular flexibility index (Phi) is 4.18. The van der Waals surface area contributed by atoms with Crippen LogP contribution in [0, 0.1) is 0 Å². The predicted molar refractivity (Wildman–Crippen MR) is 74.7 cm³/mol. The summed E-state index contributed by atoms with van der Waals surface area (Å²) in [4.78, 5) is 21.4. The minimum absolute atomic E-state index is 0.463. The molecule has 0 saturated carbocycles. The van der Waals surface area contributed by atoms with Crippen LogP contribution in [-0.4, -0.2) is 5.97 Å². The standard InChI is InChI=1S/C16H16O3/c1-3-6-12(2)16(17)19-18-15-10-9-13-7-4-5-8-14(13)11-15/h4-11H,3H2,1-2H3. The van der Waals surface area contributed by atoms with E-state index in [2.05, 4.69) is 0 Å². The number of allylic oxidation sites excluding steroid dienone is 1. The van der Waals surface area contributed by atoms with Crippen molar-refractivity contribution in [3.8, 4) is 5.75 Å². The summed E-state index contributed by atoms with van der Waals surface area (Å²) in [7, 11) is 0. The van der Waals surface area contributed by atoms with E-state index in [4.69, 9.17) is 9.78 Å². The van der Waals surface area contributed by atoms with Crippen LogP contribution in [0.25, 0.3) is 10.8 Å². The molecule has 0 aliphatic carbocycles. The third kappa shape index (κ3) is 3.35. The molecule has 2 aromatic carbocycles. The number of rotatable bonds is 4. The predicted octanol–water partition coefficient (Wildman–Crippen LogP) is 4.03. The van der Waals surface area contributed by atoms with Crippen molar-refractivity contribution in [3.63, 3.8) is 0 Å². The Balaban J connectivity index is 2.06. The zero-order valence-corrected chi connectivity index (χ0v) is 11.1. The van der Waals surface area contributed by atoms with E-state index >= 15 is 0 Å². The minimum atomic E-state index is -0.463. The number of fused-ring (bicyclic) bond motifs is 1. The lowest BCUT2D eigenvalue weighted by Crippen LogP contribution is -2.08. The normalized spacial score (nSPS) is 11.4. The first-order chi connectivity index (χ1) is 9.20. The first-order valence-electron chi connectivity index (χ1n) is 6.25. The third-order valence-electron chi connectivity index (χ3n) is 2.77. The van der Waals surface area contributed by atoms with Crippen molar-refractivity contribution in [2.45, 2.75) is 20.3 Å². The van der Waals surface area contributed by atoms with Crippen molar-refractivity contribution >= 4 is 16.7 Å². The van der Waals surface area contributed by atoms with E-state index in [-0.39, 0.29) is 0 Å². The Morgan fingerprint density at radius 3 is 2.63 bits per heavy atom. The first kappa shape index (κ1) is 13.1. The van der Waals surface area contributed by atoms with Crippen molar-refractivity contribution in [3.05, 3.63) is 54.1 Å². The lowest BCUT2D eigenvalue weighted by atomic mass is 10.1. The van der Waals surface area contributed by atoms with Gasteiger partial charge in [-0.05, 0) is 36.2 Å². The molecule has 0 aliphatic heterocycles. The van der Waals surface area contributed by atoms with Crippen molar-refractivity contribution in [2.75, 3.05) is 0 Å². The summed E-state index contributed by atoms with van der Waals surface area (Å²) in [6, 6.07) is 13.4. The van der Waals surface area contributed by atoms with Crippen LogP contribution in [-0.2, 0) is 9.68 Å². The van der Waals surface area contributed by atoms with Crippen LogP contribution in [0.3, 0.4) is 0 Å². The highest BCUT2D eigenvalue weighted by atomic mass is 17.2. The average Bonchev–Trinajstić information content (AvgIpc) is 2.44. The number of carbonyl (C=O) groups excluding carboxylic acids is 1. The van der Waals surface area contributed by atoms with Gasteiger partial charge in [0.2, 0.25) is 0 Å². The topological polar surface area (TPSA) is 35.5 Å². The summed E-state index contributed by atoms with van der Waals surface area (Å²) in [5, 5.41) is 2.15. The minimum Gasteiger partial charge on any atom is -0.287 e. The number of hydrogen-bond acceptors (Lipinski definition) is 3. The van der Waals surface area contributed by atoms with Gasteiger partial charge in [0, 0.05) is 5.57 Å². The monoisotopic (exact) mass is 256 g/mol. The largest absolute Gasteiger partial charge is 0.381 e. The molecule has 3 heteroatoms. The summed E-state index contributed by atoms with van der Waals surface area (Å²) in [5.74, 6) is 0.0476. The summed E-state index contributed by atoms with van der Waals surface area (Å²) < 4.78 is 0. The van der Waals surface area contributed by atoms with E-state index in [0.29, 0.717) is 11.3 Å². The number of benzene rings is 2. The third-order valence-corrected chi connectivity index (χ3v) is 2.77. The van der Waals surface area contributed by atoms with E-state index in [1.807, 2.05) is 43.3 Å². The van der Waals surface area contributed by atoms with Crippen molar-refractivity contribution in [1.29, 1.82) is 0 Å². The van der Waals surface area contributed by atoms with E-state index in [1.54, 1.807) is 19.1 Å². The van der Waals surface area contributed by atoms with Gasteiger partial charge in [-0.3, -0.25) is 4.89 Å². The fourth-order valence-corrected chi connectivity index (χ4v) is 1.76. The summed E-state index contributed by atoms with van der Waals surface area (Å²) >= 11 is 0. The van der Waals surface area contributed by atoms with Crippen LogP contribution < -0.4 is 4.89 Å². The van der Waals surface area contributed by atoms with Gasteiger partial charge >= 0.3 is 5.97 Å². The highest BCUT2D eigenvalue weighted by Crippen LogP contribution is 2.20. The molecule has 19 heavy (non-hydrogen) atoms. The Hall–Kier alpha value is -2.29. The zero-order valence-electron chi connectivity index (χ0n) is 11.1.